The number of aromatic hydroxyl groups is 1. The van der Waals surface area contributed by atoms with Gasteiger partial charge >= 0.3 is 0 Å². The molecule has 0 spiro atoms. The molecule has 1 rings (SSSR count). The molecule has 88 valence electrons. The average Bonchev–Trinajstić information content (AvgIpc) is 2.30. The van der Waals surface area contributed by atoms with Crippen molar-refractivity contribution < 1.29 is 14.9 Å². The largest absolute Gasteiger partial charge is 0.503 e. The van der Waals surface area contributed by atoms with Crippen LogP contribution in [0.5, 0.6) is 11.5 Å². The molecule has 3 N–H and O–H groups in total. The third-order valence-corrected chi connectivity index (χ3v) is 2.24. The van der Waals surface area contributed by atoms with Crippen molar-refractivity contribution in [2.45, 2.75) is 0 Å². The van der Waals surface area contributed by atoms with E-state index in [2.05, 4.69) is 10.5 Å². The molecule has 5 nitrogen and oxygen atoms in total. The second kappa shape index (κ2) is 6.19. The topological polar surface area (TPSA) is 74.1 Å². The number of hydrogen-bond donors (Lipinski definition) is 3. The first-order valence-corrected chi connectivity index (χ1v) is 5.00. The number of nitrogens with zero attached hydrogens (tertiary/aromatic N) is 1. The van der Waals surface area contributed by atoms with Gasteiger partial charge in [0.25, 0.3) is 0 Å². The van der Waals surface area contributed by atoms with E-state index in [9.17, 15) is 5.11 Å². The molecule has 0 amide bonds. The van der Waals surface area contributed by atoms with Crippen molar-refractivity contribution in [2.24, 2.45) is 5.10 Å². The Morgan fingerprint density at radius 2 is 2.31 bits per heavy atom. The summed E-state index contributed by atoms with van der Waals surface area (Å²) in [5.41, 5.74) is 3.17. The first kappa shape index (κ1) is 12.6. The molecular weight excluding hydrogens is 232 g/mol. The summed E-state index contributed by atoms with van der Waals surface area (Å²) in [4.78, 5) is 0. The summed E-state index contributed by atoms with van der Waals surface area (Å²) in [5, 5.41) is 22.1. The van der Waals surface area contributed by atoms with E-state index >= 15 is 0 Å². The van der Waals surface area contributed by atoms with E-state index in [1.54, 1.807) is 12.1 Å². The van der Waals surface area contributed by atoms with Crippen LogP contribution < -0.4 is 10.2 Å². The van der Waals surface area contributed by atoms with Crippen LogP contribution in [0.25, 0.3) is 0 Å². The van der Waals surface area contributed by atoms with Gasteiger partial charge in [0.05, 0.1) is 31.5 Å². The number of rotatable bonds is 5. The highest BCUT2D eigenvalue weighted by molar-refractivity contribution is 6.34. The Balaban J connectivity index is 2.82. The summed E-state index contributed by atoms with van der Waals surface area (Å²) in [6.45, 7) is 0.356. The molecule has 1 aromatic carbocycles. The molecule has 0 heterocycles. The number of ether oxygens (including phenoxy) is 1. The Bertz CT molecular complexity index is 383. The van der Waals surface area contributed by atoms with E-state index in [4.69, 9.17) is 21.4 Å². The van der Waals surface area contributed by atoms with Gasteiger partial charge in [-0.3, -0.25) is 0 Å². The second-order valence-corrected chi connectivity index (χ2v) is 3.29. The highest BCUT2D eigenvalue weighted by Gasteiger charge is 2.09. The first-order valence-electron chi connectivity index (χ1n) is 4.63. The van der Waals surface area contributed by atoms with E-state index in [1.165, 1.54) is 13.3 Å². The van der Waals surface area contributed by atoms with Crippen LogP contribution in [0.1, 0.15) is 5.56 Å². The van der Waals surface area contributed by atoms with Gasteiger partial charge in [-0.05, 0) is 12.1 Å². The average molecular weight is 245 g/mol. The van der Waals surface area contributed by atoms with Crippen LogP contribution >= 0.6 is 11.6 Å². The predicted molar refractivity (Wildman–Crippen MR) is 62.4 cm³/mol. The van der Waals surface area contributed by atoms with Crippen molar-refractivity contribution in [2.75, 3.05) is 20.3 Å². The molecule has 1 aromatic rings. The smallest absolute Gasteiger partial charge is 0.177 e. The lowest BCUT2D eigenvalue weighted by atomic mass is 10.2. The maximum atomic E-state index is 9.60. The Morgan fingerprint density at radius 3 is 2.94 bits per heavy atom. The van der Waals surface area contributed by atoms with Crippen LogP contribution in [0.15, 0.2) is 17.2 Å². The molecule has 0 saturated heterocycles. The summed E-state index contributed by atoms with van der Waals surface area (Å²) in [5.74, 6) is 0.195. The van der Waals surface area contributed by atoms with Gasteiger partial charge < -0.3 is 20.4 Å². The van der Waals surface area contributed by atoms with E-state index in [1.807, 2.05) is 0 Å². The van der Waals surface area contributed by atoms with Crippen LogP contribution in [0.3, 0.4) is 0 Å². The number of methoxy groups -OCH3 is 1. The maximum Gasteiger partial charge on any atom is 0.177 e. The standard InChI is InChI=1S/C10H13ClN2O3/c1-16-8-3-2-7(9(11)10(8)15)6-13-12-4-5-14/h2-3,6,12,14-15H,4-5H2,1H3. The summed E-state index contributed by atoms with van der Waals surface area (Å²) < 4.78 is 4.90. The minimum absolute atomic E-state index is 0.00106. The van der Waals surface area contributed by atoms with Crippen LogP contribution in [-0.2, 0) is 0 Å². The zero-order valence-electron chi connectivity index (χ0n) is 8.77. The predicted octanol–water partition coefficient (Wildman–Crippen LogP) is 0.970. The molecule has 0 saturated carbocycles. The minimum Gasteiger partial charge on any atom is -0.503 e. The SMILES string of the molecule is COc1ccc(C=NNCCO)c(Cl)c1O. The fourth-order valence-electron chi connectivity index (χ4n) is 1.06. The van der Waals surface area contributed by atoms with E-state index in [-0.39, 0.29) is 17.4 Å². The molecule has 16 heavy (non-hydrogen) atoms. The van der Waals surface area contributed by atoms with Crippen molar-refractivity contribution in [1.29, 1.82) is 0 Å². The van der Waals surface area contributed by atoms with Gasteiger partial charge in [0.15, 0.2) is 11.5 Å². The summed E-state index contributed by atoms with van der Waals surface area (Å²) in [6.07, 6.45) is 1.46. The number of phenolic OH excluding ortho intramolecular Hbond substituents is 1. The van der Waals surface area contributed by atoms with Crippen LogP contribution in [0.4, 0.5) is 0 Å². The fraction of sp³-hybridized carbons (Fsp3) is 0.300. The van der Waals surface area contributed by atoms with Crippen LogP contribution in [0, 0.1) is 0 Å². The van der Waals surface area contributed by atoms with Crippen molar-refractivity contribution in [3.8, 4) is 11.5 Å². The van der Waals surface area contributed by atoms with E-state index < -0.39 is 0 Å². The van der Waals surface area contributed by atoms with Crippen LogP contribution in [0.2, 0.25) is 5.02 Å². The molecule has 0 atom stereocenters. The molecule has 0 aliphatic rings. The van der Waals surface area contributed by atoms with Crippen molar-refractivity contribution in [1.82, 2.24) is 5.43 Å². The summed E-state index contributed by atoms with van der Waals surface area (Å²) in [6, 6.07) is 3.26. The molecule has 0 fully saturated rings. The van der Waals surface area contributed by atoms with Gasteiger partial charge in [0.2, 0.25) is 0 Å². The number of hydrogen-bond acceptors (Lipinski definition) is 5. The molecule has 6 heteroatoms. The number of hydrazone groups is 1. The Hall–Kier alpha value is -1.46. The third kappa shape index (κ3) is 3.01. The zero-order chi connectivity index (χ0) is 12.0. The first-order chi connectivity index (χ1) is 7.70. The second-order valence-electron chi connectivity index (χ2n) is 2.91. The molecule has 0 aromatic heterocycles. The number of halogens is 1. The number of benzene rings is 1. The van der Waals surface area contributed by atoms with Gasteiger partial charge in [-0.15, -0.1) is 0 Å². The van der Waals surface area contributed by atoms with E-state index in [0.29, 0.717) is 17.9 Å². The number of aliphatic hydroxyl groups excluding tert-OH is 1. The lowest BCUT2D eigenvalue weighted by molar-refractivity contribution is 0.294. The van der Waals surface area contributed by atoms with Gasteiger partial charge in [-0.1, -0.05) is 11.6 Å². The quantitative estimate of drug-likeness (QED) is 0.410. The van der Waals surface area contributed by atoms with Crippen molar-refractivity contribution in [3.05, 3.63) is 22.7 Å². The highest BCUT2D eigenvalue weighted by atomic mass is 35.5. The third-order valence-electron chi connectivity index (χ3n) is 1.85. The Kier molecular flexibility index (Phi) is 4.88. The lowest BCUT2D eigenvalue weighted by Crippen LogP contribution is -2.11. The molecule has 0 unspecified atom stereocenters. The summed E-state index contributed by atoms with van der Waals surface area (Å²) >= 11 is 5.89. The molecule has 0 bridgehead atoms. The number of aliphatic hydroxyl groups is 1. The van der Waals surface area contributed by atoms with Gasteiger partial charge in [0.1, 0.15) is 0 Å². The van der Waals surface area contributed by atoms with Gasteiger partial charge in [0, 0.05) is 5.56 Å². The zero-order valence-corrected chi connectivity index (χ0v) is 9.53. The van der Waals surface area contributed by atoms with Crippen LogP contribution in [-0.4, -0.2) is 36.7 Å². The Labute approximate surface area is 98.3 Å². The monoisotopic (exact) mass is 244 g/mol. The van der Waals surface area contributed by atoms with Gasteiger partial charge in [-0.2, -0.15) is 5.10 Å². The molecular formula is C10H13ClN2O3. The lowest BCUT2D eigenvalue weighted by Gasteiger charge is -2.06. The maximum absolute atomic E-state index is 9.60. The molecule has 0 aliphatic carbocycles. The number of nitrogens with one attached hydrogen (secondary N) is 1. The molecule has 0 aliphatic heterocycles. The fourth-order valence-corrected chi connectivity index (χ4v) is 1.26. The molecule has 0 radical (unpaired) electrons. The van der Waals surface area contributed by atoms with Crippen molar-refractivity contribution >= 4 is 17.8 Å². The highest BCUT2D eigenvalue weighted by Crippen LogP contribution is 2.35. The van der Waals surface area contributed by atoms with E-state index in [0.717, 1.165) is 0 Å². The normalized spacial score (nSPS) is 10.7. The Morgan fingerprint density at radius 1 is 1.56 bits per heavy atom. The van der Waals surface area contributed by atoms with Gasteiger partial charge in [-0.25, -0.2) is 0 Å². The minimum atomic E-state index is -0.115. The van der Waals surface area contributed by atoms with Crippen molar-refractivity contribution in [3.63, 3.8) is 0 Å². The number of phenols is 1. The summed E-state index contributed by atoms with van der Waals surface area (Å²) in [7, 11) is 1.45.